The Hall–Kier alpha value is -1.96. The minimum Gasteiger partial charge on any atom is -0.477 e. The fourth-order valence-corrected chi connectivity index (χ4v) is 5.16. The number of thiophene rings is 1. The Morgan fingerprint density at radius 1 is 1.22 bits per heavy atom. The number of rotatable bonds is 2. The molecule has 4 rings (SSSR count). The Bertz CT molecular complexity index is 900. The highest BCUT2D eigenvalue weighted by molar-refractivity contribution is 7.14. The average Bonchev–Trinajstić information content (AvgIpc) is 3.07. The molecule has 2 aromatic rings. The Labute approximate surface area is 164 Å². The SMILES string of the molecule is O=C(O)c1cc2c(s1)CCOC21CCN(C(=O)c2cc(F)cc(Cl)c2)CC1. The summed E-state index contributed by atoms with van der Waals surface area (Å²) in [7, 11) is 0. The number of piperidine rings is 1. The number of carbonyl (C=O) groups excluding carboxylic acids is 1. The van der Waals surface area contributed by atoms with Gasteiger partial charge in [-0.2, -0.15) is 0 Å². The molecule has 1 aromatic carbocycles. The van der Waals surface area contributed by atoms with Crippen molar-refractivity contribution in [2.75, 3.05) is 19.7 Å². The lowest BCUT2D eigenvalue weighted by Gasteiger charge is -2.44. The first kappa shape index (κ1) is 18.4. The summed E-state index contributed by atoms with van der Waals surface area (Å²) in [6.07, 6.45) is 1.86. The molecule has 1 aromatic heterocycles. The number of fused-ring (bicyclic) bond motifs is 2. The molecule has 142 valence electrons. The molecule has 0 unspecified atom stereocenters. The van der Waals surface area contributed by atoms with E-state index < -0.39 is 17.4 Å². The van der Waals surface area contributed by atoms with Gasteiger partial charge in [0.25, 0.3) is 5.91 Å². The maximum absolute atomic E-state index is 13.6. The van der Waals surface area contributed by atoms with E-state index in [2.05, 4.69) is 0 Å². The largest absolute Gasteiger partial charge is 0.477 e. The number of aromatic carboxylic acids is 1. The van der Waals surface area contributed by atoms with Crippen LogP contribution in [0.4, 0.5) is 4.39 Å². The van der Waals surface area contributed by atoms with Gasteiger partial charge in [0.15, 0.2) is 0 Å². The lowest BCUT2D eigenvalue weighted by molar-refractivity contribution is -0.0926. The zero-order valence-corrected chi connectivity index (χ0v) is 15.9. The second-order valence-electron chi connectivity index (χ2n) is 6.80. The summed E-state index contributed by atoms with van der Waals surface area (Å²) in [5, 5.41) is 9.47. The molecule has 2 aliphatic rings. The molecule has 8 heteroatoms. The molecule has 5 nitrogen and oxygen atoms in total. The quantitative estimate of drug-likeness (QED) is 0.815. The molecule has 1 saturated heterocycles. The molecule has 27 heavy (non-hydrogen) atoms. The third kappa shape index (κ3) is 3.35. The molecule has 3 heterocycles. The molecular weight excluding hydrogens is 393 g/mol. The monoisotopic (exact) mass is 409 g/mol. The van der Waals surface area contributed by atoms with Gasteiger partial charge in [-0.05, 0) is 42.7 Å². The van der Waals surface area contributed by atoms with Crippen LogP contribution in [-0.4, -0.2) is 41.6 Å². The lowest BCUT2D eigenvalue weighted by atomic mass is 9.82. The van der Waals surface area contributed by atoms with Crippen molar-refractivity contribution in [2.24, 2.45) is 0 Å². The zero-order chi connectivity index (χ0) is 19.2. The molecule has 1 amide bonds. The van der Waals surface area contributed by atoms with E-state index in [-0.39, 0.29) is 16.5 Å². The van der Waals surface area contributed by atoms with Crippen LogP contribution in [0.5, 0.6) is 0 Å². The predicted octanol–water partition coefficient (Wildman–Crippen LogP) is 3.94. The molecule has 1 spiro atoms. The summed E-state index contributed by atoms with van der Waals surface area (Å²) in [6, 6.07) is 5.53. The summed E-state index contributed by atoms with van der Waals surface area (Å²) >= 11 is 7.16. The van der Waals surface area contributed by atoms with E-state index in [1.807, 2.05) is 0 Å². The first-order valence-electron chi connectivity index (χ1n) is 8.64. The summed E-state index contributed by atoms with van der Waals surface area (Å²) in [5.74, 6) is -1.74. The van der Waals surface area contributed by atoms with Crippen molar-refractivity contribution >= 4 is 34.8 Å². The first-order valence-corrected chi connectivity index (χ1v) is 9.83. The number of amides is 1. The summed E-state index contributed by atoms with van der Waals surface area (Å²) in [6.45, 7) is 1.44. The highest BCUT2D eigenvalue weighted by atomic mass is 35.5. The molecule has 0 atom stereocenters. The van der Waals surface area contributed by atoms with Gasteiger partial charge in [-0.25, -0.2) is 9.18 Å². The van der Waals surface area contributed by atoms with Crippen LogP contribution in [0.2, 0.25) is 5.02 Å². The van der Waals surface area contributed by atoms with E-state index in [1.165, 1.54) is 23.5 Å². The molecule has 0 aliphatic carbocycles. The van der Waals surface area contributed by atoms with E-state index in [4.69, 9.17) is 16.3 Å². The van der Waals surface area contributed by atoms with Gasteiger partial charge in [-0.3, -0.25) is 4.79 Å². The Morgan fingerprint density at radius 3 is 2.63 bits per heavy atom. The number of hydrogen-bond donors (Lipinski definition) is 1. The van der Waals surface area contributed by atoms with Crippen LogP contribution in [0.15, 0.2) is 24.3 Å². The number of likely N-dealkylation sites (tertiary alicyclic amines) is 1. The second kappa shape index (κ2) is 6.89. The van der Waals surface area contributed by atoms with E-state index in [0.717, 1.165) is 16.5 Å². The highest BCUT2D eigenvalue weighted by Crippen LogP contribution is 2.44. The standard InChI is InChI=1S/C19H17ClFNO4S/c20-12-7-11(8-13(21)9-12)17(23)22-4-2-19(3-5-22)14-10-16(18(24)25)27-15(14)1-6-26-19/h7-10H,1-6H2,(H,24,25). The van der Waals surface area contributed by atoms with Crippen LogP contribution in [0.1, 0.15) is 43.3 Å². The van der Waals surface area contributed by atoms with Crippen molar-refractivity contribution in [3.63, 3.8) is 0 Å². The van der Waals surface area contributed by atoms with E-state index in [1.54, 1.807) is 11.0 Å². The Morgan fingerprint density at radius 2 is 1.96 bits per heavy atom. The second-order valence-corrected chi connectivity index (χ2v) is 8.37. The van der Waals surface area contributed by atoms with Crippen molar-refractivity contribution < 1.29 is 23.8 Å². The Balaban J connectivity index is 1.54. The van der Waals surface area contributed by atoms with Gasteiger partial charge >= 0.3 is 5.97 Å². The van der Waals surface area contributed by atoms with Crippen molar-refractivity contribution in [2.45, 2.75) is 24.9 Å². The first-order chi connectivity index (χ1) is 12.9. The smallest absolute Gasteiger partial charge is 0.345 e. The van der Waals surface area contributed by atoms with Crippen LogP contribution in [0, 0.1) is 5.82 Å². The van der Waals surface area contributed by atoms with Crippen LogP contribution in [-0.2, 0) is 16.8 Å². The van der Waals surface area contributed by atoms with E-state index >= 15 is 0 Å². The molecule has 1 fully saturated rings. The minimum atomic E-state index is -0.930. The minimum absolute atomic E-state index is 0.187. The van der Waals surface area contributed by atoms with Crippen LogP contribution in [0.3, 0.4) is 0 Å². The molecule has 0 saturated carbocycles. The molecule has 0 radical (unpaired) electrons. The van der Waals surface area contributed by atoms with Crippen LogP contribution >= 0.6 is 22.9 Å². The summed E-state index contributed by atoms with van der Waals surface area (Å²) in [5.41, 5.74) is 0.621. The van der Waals surface area contributed by atoms with Crippen LogP contribution < -0.4 is 0 Å². The molecular formula is C19H17ClFNO4S. The number of carboxylic acid groups (broad SMARTS) is 1. The average molecular weight is 410 g/mol. The molecule has 2 aliphatic heterocycles. The Kier molecular flexibility index (Phi) is 4.70. The number of carboxylic acids is 1. The number of halogens is 2. The normalized spacial score (nSPS) is 18.4. The topological polar surface area (TPSA) is 66.8 Å². The summed E-state index contributed by atoms with van der Waals surface area (Å²) in [4.78, 5) is 27.1. The van der Waals surface area contributed by atoms with E-state index in [9.17, 15) is 19.1 Å². The van der Waals surface area contributed by atoms with Crippen molar-refractivity contribution in [3.8, 4) is 0 Å². The third-order valence-electron chi connectivity index (χ3n) is 5.19. The fourth-order valence-electron chi connectivity index (χ4n) is 3.87. The number of ether oxygens (including phenoxy) is 1. The molecule has 0 bridgehead atoms. The van der Waals surface area contributed by atoms with Gasteiger partial charge in [-0.15, -0.1) is 11.3 Å². The number of nitrogens with zero attached hydrogens (tertiary/aromatic N) is 1. The van der Waals surface area contributed by atoms with Crippen LogP contribution in [0.25, 0.3) is 0 Å². The maximum atomic E-state index is 13.6. The van der Waals surface area contributed by atoms with Gasteiger partial charge in [0, 0.05) is 35.0 Å². The summed E-state index contributed by atoms with van der Waals surface area (Å²) < 4.78 is 19.6. The van der Waals surface area contributed by atoms with Crippen molar-refractivity contribution in [3.05, 3.63) is 56.0 Å². The van der Waals surface area contributed by atoms with Gasteiger partial charge < -0.3 is 14.7 Å². The maximum Gasteiger partial charge on any atom is 0.345 e. The number of benzene rings is 1. The number of hydrogen-bond acceptors (Lipinski definition) is 4. The molecule has 1 N–H and O–H groups in total. The number of carbonyl (C=O) groups is 2. The van der Waals surface area contributed by atoms with E-state index in [0.29, 0.717) is 43.8 Å². The fraction of sp³-hybridized carbons (Fsp3) is 0.368. The van der Waals surface area contributed by atoms with Gasteiger partial charge in [0.1, 0.15) is 10.7 Å². The van der Waals surface area contributed by atoms with Gasteiger partial charge in [0.2, 0.25) is 0 Å². The third-order valence-corrected chi connectivity index (χ3v) is 6.59. The zero-order valence-electron chi connectivity index (χ0n) is 14.3. The predicted molar refractivity (Wildman–Crippen MR) is 99.2 cm³/mol. The van der Waals surface area contributed by atoms with Gasteiger partial charge in [0.05, 0.1) is 12.2 Å². The highest BCUT2D eigenvalue weighted by Gasteiger charge is 2.43. The van der Waals surface area contributed by atoms with Gasteiger partial charge in [-0.1, -0.05) is 11.6 Å². The van der Waals surface area contributed by atoms with Crippen molar-refractivity contribution in [1.29, 1.82) is 0 Å². The lowest BCUT2D eigenvalue weighted by Crippen LogP contribution is -2.48. The van der Waals surface area contributed by atoms with Crippen molar-refractivity contribution in [1.82, 2.24) is 4.90 Å².